The van der Waals surface area contributed by atoms with Crippen LogP contribution in [0.15, 0.2) is 28.7 Å². The second-order valence-corrected chi connectivity index (χ2v) is 5.10. The van der Waals surface area contributed by atoms with E-state index in [-0.39, 0.29) is 12.6 Å². The summed E-state index contributed by atoms with van der Waals surface area (Å²) in [6.07, 6.45) is 1.08. The molecule has 0 aliphatic heterocycles. The minimum Gasteiger partial charge on any atom is -0.395 e. The van der Waals surface area contributed by atoms with Crippen molar-refractivity contribution in [2.75, 3.05) is 6.61 Å². The Labute approximate surface area is 106 Å². The van der Waals surface area contributed by atoms with E-state index in [0.717, 1.165) is 17.4 Å². The normalized spacial score (nSPS) is 14.8. The molecule has 2 nitrogen and oxygen atoms in total. The third-order valence-electron chi connectivity index (χ3n) is 3.01. The molecule has 0 aliphatic carbocycles. The first kappa shape index (κ1) is 13.7. The first-order valence-electron chi connectivity index (χ1n) is 5.76. The Bertz CT molecular complexity index is 299. The minimum atomic E-state index is 0.189. The van der Waals surface area contributed by atoms with E-state index in [1.807, 2.05) is 12.1 Å². The van der Waals surface area contributed by atoms with Gasteiger partial charge in [0.2, 0.25) is 0 Å². The highest BCUT2D eigenvalue weighted by Gasteiger charge is 2.13. The molecule has 0 aliphatic rings. The topological polar surface area (TPSA) is 32.3 Å². The first-order chi connectivity index (χ1) is 7.67. The number of hydrogen-bond donors (Lipinski definition) is 2. The molecule has 0 heterocycles. The molecule has 0 radical (unpaired) electrons. The van der Waals surface area contributed by atoms with Gasteiger partial charge in [-0.05, 0) is 23.6 Å². The van der Waals surface area contributed by atoms with Crippen LogP contribution in [0.2, 0.25) is 0 Å². The van der Waals surface area contributed by atoms with Crippen molar-refractivity contribution in [1.29, 1.82) is 0 Å². The zero-order chi connectivity index (χ0) is 12.0. The van der Waals surface area contributed by atoms with Gasteiger partial charge in [0.25, 0.3) is 0 Å². The summed E-state index contributed by atoms with van der Waals surface area (Å²) in [5.74, 6) is 0.500. The minimum absolute atomic E-state index is 0.189. The van der Waals surface area contributed by atoms with Crippen LogP contribution in [0.5, 0.6) is 0 Å². The highest BCUT2D eigenvalue weighted by atomic mass is 79.9. The summed E-state index contributed by atoms with van der Waals surface area (Å²) in [5, 5.41) is 12.7. The Kier molecular flexibility index (Phi) is 6.03. The van der Waals surface area contributed by atoms with E-state index in [9.17, 15) is 5.11 Å². The van der Waals surface area contributed by atoms with Crippen molar-refractivity contribution in [1.82, 2.24) is 5.32 Å². The smallest absolute Gasteiger partial charge is 0.0587 e. The summed E-state index contributed by atoms with van der Waals surface area (Å²) in [7, 11) is 0. The Morgan fingerprint density at radius 1 is 1.31 bits per heavy atom. The summed E-state index contributed by atoms with van der Waals surface area (Å²) >= 11 is 3.41. The van der Waals surface area contributed by atoms with Gasteiger partial charge >= 0.3 is 0 Å². The predicted molar refractivity (Wildman–Crippen MR) is 71.3 cm³/mol. The lowest BCUT2D eigenvalue weighted by Crippen LogP contribution is -2.37. The highest BCUT2D eigenvalue weighted by molar-refractivity contribution is 9.10. The second-order valence-electron chi connectivity index (χ2n) is 4.18. The van der Waals surface area contributed by atoms with Crippen LogP contribution in [0.1, 0.15) is 25.8 Å². The lowest BCUT2D eigenvalue weighted by molar-refractivity contribution is 0.201. The van der Waals surface area contributed by atoms with Gasteiger partial charge in [0.15, 0.2) is 0 Å². The van der Waals surface area contributed by atoms with Gasteiger partial charge in [-0.15, -0.1) is 0 Å². The van der Waals surface area contributed by atoms with Gasteiger partial charge in [-0.2, -0.15) is 0 Å². The van der Waals surface area contributed by atoms with Crippen LogP contribution in [0.4, 0.5) is 0 Å². The molecule has 0 fully saturated rings. The molecule has 0 spiro atoms. The standard InChI is InChI=1S/C13H20BrNO/c1-3-10(2)13(9-16)15-8-11-4-6-12(14)7-5-11/h4-7,10,13,15-16H,3,8-9H2,1-2H3. The van der Waals surface area contributed by atoms with Crippen molar-refractivity contribution in [3.05, 3.63) is 34.3 Å². The molecule has 1 aromatic carbocycles. The van der Waals surface area contributed by atoms with Crippen molar-refractivity contribution in [3.63, 3.8) is 0 Å². The van der Waals surface area contributed by atoms with Gasteiger partial charge < -0.3 is 10.4 Å². The maximum absolute atomic E-state index is 9.28. The summed E-state index contributed by atoms with van der Waals surface area (Å²) in [6, 6.07) is 8.43. The number of hydrogen-bond acceptors (Lipinski definition) is 2. The number of nitrogens with one attached hydrogen (secondary N) is 1. The third-order valence-corrected chi connectivity index (χ3v) is 3.54. The molecule has 0 bridgehead atoms. The molecule has 90 valence electrons. The Hall–Kier alpha value is -0.380. The van der Waals surface area contributed by atoms with Crippen LogP contribution < -0.4 is 5.32 Å². The monoisotopic (exact) mass is 285 g/mol. The zero-order valence-electron chi connectivity index (χ0n) is 9.91. The molecule has 16 heavy (non-hydrogen) atoms. The largest absolute Gasteiger partial charge is 0.395 e. The molecular weight excluding hydrogens is 266 g/mol. The number of rotatable bonds is 6. The van der Waals surface area contributed by atoms with E-state index in [4.69, 9.17) is 0 Å². The summed E-state index contributed by atoms with van der Waals surface area (Å²) in [6.45, 7) is 5.32. The zero-order valence-corrected chi connectivity index (χ0v) is 11.5. The molecular formula is C13H20BrNO. The number of aliphatic hydroxyl groups excluding tert-OH is 1. The van der Waals surface area contributed by atoms with Crippen molar-refractivity contribution in [2.24, 2.45) is 5.92 Å². The SMILES string of the molecule is CCC(C)C(CO)NCc1ccc(Br)cc1. The molecule has 1 rings (SSSR count). The Morgan fingerprint density at radius 2 is 1.94 bits per heavy atom. The molecule has 0 saturated carbocycles. The summed E-state index contributed by atoms with van der Waals surface area (Å²) in [4.78, 5) is 0. The first-order valence-corrected chi connectivity index (χ1v) is 6.55. The summed E-state index contributed by atoms with van der Waals surface area (Å²) in [5.41, 5.74) is 1.24. The van der Waals surface area contributed by atoms with E-state index in [0.29, 0.717) is 5.92 Å². The van der Waals surface area contributed by atoms with Gasteiger partial charge in [0.05, 0.1) is 6.61 Å². The lowest BCUT2D eigenvalue weighted by atomic mass is 10.00. The van der Waals surface area contributed by atoms with Gasteiger partial charge in [-0.3, -0.25) is 0 Å². The predicted octanol–water partition coefficient (Wildman–Crippen LogP) is 2.95. The number of benzene rings is 1. The molecule has 1 aromatic rings. The molecule has 2 atom stereocenters. The maximum Gasteiger partial charge on any atom is 0.0587 e. The van der Waals surface area contributed by atoms with Crippen LogP contribution in [0.25, 0.3) is 0 Å². The fourth-order valence-corrected chi connectivity index (χ4v) is 1.85. The Balaban J connectivity index is 2.46. The van der Waals surface area contributed by atoms with Gasteiger partial charge in [0.1, 0.15) is 0 Å². The van der Waals surface area contributed by atoms with Gasteiger partial charge in [-0.25, -0.2) is 0 Å². The average Bonchev–Trinajstić information content (AvgIpc) is 2.31. The average molecular weight is 286 g/mol. The molecule has 3 heteroatoms. The molecule has 2 N–H and O–H groups in total. The quantitative estimate of drug-likeness (QED) is 0.842. The highest BCUT2D eigenvalue weighted by Crippen LogP contribution is 2.12. The molecule has 0 amide bonds. The van der Waals surface area contributed by atoms with Gasteiger partial charge in [-0.1, -0.05) is 48.3 Å². The summed E-state index contributed by atoms with van der Waals surface area (Å²) < 4.78 is 1.09. The van der Waals surface area contributed by atoms with Gasteiger partial charge in [0, 0.05) is 17.1 Å². The van der Waals surface area contributed by atoms with Crippen molar-refractivity contribution < 1.29 is 5.11 Å². The van der Waals surface area contributed by atoms with Crippen LogP contribution >= 0.6 is 15.9 Å². The fraction of sp³-hybridized carbons (Fsp3) is 0.538. The van der Waals surface area contributed by atoms with E-state index < -0.39 is 0 Å². The molecule has 0 saturated heterocycles. The van der Waals surface area contributed by atoms with E-state index in [1.54, 1.807) is 0 Å². The lowest BCUT2D eigenvalue weighted by Gasteiger charge is -2.22. The fourth-order valence-electron chi connectivity index (χ4n) is 1.58. The third kappa shape index (κ3) is 4.24. The van der Waals surface area contributed by atoms with Crippen LogP contribution in [0, 0.1) is 5.92 Å². The number of halogens is 1. The number of aliphatic hydroxyl groups is 1. The van der Waals surface area contributed by atoms with Crippen LogP contribution in [0.3, 0.4) is 0 Å². The maximum atomic E-state index is 9.28. The van der Waals surface area contributed by atoms with E-state index in [2.05, 4.69) is 47.2 Å². The van der Waals surface area contributed by atoms with Crippen molar-refractivity contribution >= 4 is 15.9 Å². The van der Waals surface area contributed by atoms with Crippen molar-refractivity contribution in [2.45, 2.75) is 32.9 Å². The Morgan fingerprint density at radius 3 is 2.44 bits per heavy atom. The molecule has 0 aromatic heterocycles. The van der Waals surface area contributed by atoms with Crippen molar-refractivity contribution in [3.8, 4) is 0 Å². The second kappa shape index (κ2) is 7.05. The van der Waals surface area contributed by atoms with E-state index >= 15 is 0 Å². The van der Waals surface area contributed by atoms with Crippen LogP contribution in [-0.4, -0.2) is 17.8 Å². The molecule has 2 unspecified atom stereocenters. The van der Waals surface area contributed by atoms with Crippen LogP contribution in [-0.2, 0) is 6.54 Å². The van der Waals surface area contributed by atoms with E-state index in [1.165, 1.54) is 5.56 Å².